The van der Waals surface area contributed by atoms with Crippen molar-refractivity contribution in [2.45, 2.75) is 19.4 Å². The van der Waals surface area contributed by atoms with Gasteiger partial charge in [0.05, 0.1) is 22.9 Å². The molecule has 0 bridgehead atoms. The summed E-state index contributed by atoms with van der Waals surface area (Å²) in [6.07, 6.45) is 0.444. The Morgan fingerprint density at radius 2 is 2.00 bits per heavy atom. The van der Waals surface area contributed by atoms with E-state index in [0.29, 0.717) is 12.1 Å². The smallest absolute Gasteiger partial charge is 0.274 e. The Balaban J connectivity index is 1.78. The van der Waals surface area contributed by atoms with Gasteiger partial charge in [-0.2, -0.15) is 9.90 Å². The molecule has 8 heteroatoms. The number of benzene rings is 1. The van der Waals surface area contributed by atoms with Gasteiger partial charge < -0.3 is 5.32 Å². The number of sulfone groups is 1. The van der Waals surface area contributed by atoms with Gasteiger partial charge in [-0.1, -0.05) is 18.2 Å². The van der Waals surface area contributed by atoms with E-state index in [0.717, 1.165) is 5.69 Å². The van der Waals surface area contributed by atoms with Gasteiger partial charge in [0.2, 0.25) is 0 Å². The van der Waals surface area contributed by atoms with E-state index < -0.39 is 9.84 Å². The summed E-state index contributed by atoms with van der Waals surface area (Å²) in [5.74, 6) is -0.278. The second-order valence-corrected chi connectivity index (χ2v) is 7.56. The van der Waals surface area contributed by atoms with Crippen LogP contribution in [0.15, 0.2) is 30.3 Å². The Morgan fingerprint density at radius 3 is 2.64 bits per heavy atom. The lowest BCUT2D eigenvalue weighted by molar-refractivity contribution is 0.0935. The van der Waals surface area contributed by atoms with Gasteiger partial charge in [-0.05, 0) is 25.5 Å². The number of nitrogens with zero attached hydrogens (tertiary/aromatic N) is 3. The molecular formula is C14H16N4O3S. The minimum absolute atomic E-state index is 0.00932. The minimum Gasteiger partial charge on any atom is -0.347 e. The van der Waals surface area contributed by atoms with Crippen LogP contribution in [-0.2, 0) is 9.84 Å². The van der Waals surface area contributed by atoms with Crippen LogP contribution in [0.3, 0.4) is 0 Å². The maximum atomic E-state index is 12.3. The maximum absolute atomic E-state index is 12.3. The third-order valence-electron chi connectivity index (χ3n) is 3.55. The molecule has 2 heterocycles. The SMILES string of the molecule is Cc1nn(-c2ccccc2)nc1C(=O)N[C@H]1CCS(=O)(=O)C1. The fourth-order valence-corrected chi connectivity index (χ4v) is 4.10. The summed E-state index contributed by atoms with van der Waals surface area (Å²) >= 11 is 0. The number of para-hydroxylation sites is 1. The van der Waals surface area contributed by atoms with Crippen LogP contribution < -0.4 is 5.32 Å². The van der Waals surface area contributed by atoms with Gasteiger partial charge in [0, 0.05) is 6.04 Å². The summed E-state index contributed by atoms with van der Waals surface area (Å²) in [5.41, 5.74) is 1.48. The molecule has 1 saturated heterocycles. The maximum Gasteiger partial charge on any atom is 0.274 e. The van der Waals surface area contributed by atoms with Gasteiger partial charge in [-0.15, -0.1) is 5.10 Å². The lowest BCUT2D eigenvalue weighted by Crippen LogP contribution is -2.36. The standard InChI is InChI=1S/C14H16N4O3S/c1-10-13(14(19)15-11-7-8-22(20,21)9-11)17-18(16-10)12-5-3-2-4-6-12/h2-6,11H,7-9H2,1H3,(H,15,19)/t11-/m0/s1. The number of hydrogen-bond acceptors (Lipinski definition) is 5. The van der Waals surface area contributed by atoms with Crippen LogP contribution >= 0.6 is 0 Å². The summed E-state index contributed by atoms with van der Waals surface area (Å²) in [7, 11) is -3.03. The van der Waals surface area contributed by atoms with Gasteiger partial charge in [0.15, 0.2) is 15.5 Å². The van der Waals surface area contributed by atoms with Crippen molar-refractivity contribution in [3.8, 4) is 5.69 Å². The quantitative estimate of drug-likeness (QED) is 0.888. The highest BCUT2D eigenvalue weighted by Crippen LogP contribution is 2.13. The Hall–Kier alpha value is -2.22. The van der Waals surface area contributed by atoms with Crippen molar-refractivity contribution in [3.05, 3.63) is 41.7 Å². The molecule has 1 aliphatic heterocycles. The molecule has 0 unspecified atom stereocenters. The topological polar surface area (TPSA) is 93.9 Å². The van der Waals surface area contributed by atoms with Crippen molar-refractivity contribution >= 4 is 15.7 Å². The number of carbonyl (C=O) groups excluding carboxylic acids is 1. The molecule has 1 amide bonds. The molecule has 3 rings (SSSR count). The Kier molecular flexibility index (Phi) is 3.69. The molecular weight excluding hydrogens is 304 g/mol. The normalized spacial score (nSPS) is 20.0. The highest BCUT2D eigenvalue weighted by Gasteiger charge is 2.30. The highest BCUT2D eigenvalue weighted by atomic mass is 32.2. The second kappa shape index (κ2) is 5.53. The summed E-state index contributed by atoms with van der Waals surface area (Å²) in [5, 5.41) is 11.2. The van der Waals surface area contributed by atoms with Crippen LogP contribution in [0.25, 0.3) is 5.69 Å². The van der Waals surface area contributed by atoms with Gasteiger partial charge in [-0.25, -0.2) is 8.42 Å². The number of amides is 1. The van der Waals surface area contributed by atoms with Crippen molar-refractivity contribution in [2.75, 3.05) is 11.5 Å². The van der Waals surface area contributed by atoms with Crippen LogP contribution in [0, 0.1) is 6.92 Å². The van der Waals surface area contributed by atoms with Crippen molar-refractivity contribution in [2.24, 2.45) is 0 Å². The predicted molar refractivity (Wildman–Crippen MR) is 80.6 cm³/mol. The van der Waals surface area contributed by atoms with Crippen molar-refractivity contribution < 1.29 is 13.2 Å². The predicted octanol–water partition coefficient (Wildman–Crippen LogP) is 0.493. The number of aryl methyl sites for hydroxylation is 1. The zero-order valence-corrected chi connectivity index (χ0v) is 12.9. The fourth-order valence-electron chi connectivity index (χ4n) is 2.43. The number of aromatic nitrogens is 3. The summed E-state index contributed by atoms with van der Waals surface area (Å²) in [4.78, 5) is 13.7. The van der Waals surface area contributed by atoms with Crippen LogP contribution in [0.4, 0.5) is 0 Å². The molecule has 0 spiro atoms. The minimum atomic E-state index is -3.03. The highest BCUT2D eigenvalue weighted by molar-refractivity contribution is 7.91. The van der Waals surface area contributed by atoms with E-state index >= 15 is 0 Å². The third-order valence-corrected chi connectivity index (χ3v) is 5.32. The molecule has 1 aromatic heterocycles. The third kappa shape index (κ3) is 3.01. The molecule has 1 aliphatic rings. The van der Waals surface area contributed by atoms with E-state index in [1.54, 1.807) is 6.92 Å². The first-order chi connectivity index (χ1) is 10.4. The van der Waals surface area contributed by atoms with Crippen molar-refractivity contribution in [1.29, 1.82) is 0 Å². The lowest BCUT2D eigenvalue weighted by atomic mass is 10.2. The van der Waals surface area contributed by atoms with Gasteiger partial charge in [-0.3, -0.25) is 4.79 Å². The molecule has 0 saturated carbocycles. The monoisotopic (exact) mass is 320 g/mol. The van der Waals surface area contributed by atoms with E-state index in [1.807, 2.05) is 30.3 Å². The Labute approximate surface area is 128 Å². The average Bonchev–Trinajstić information content (AvgIpc) is 3.02. The van der Waals surface area contributed by atoms with E-state index in [1.165, 1.54) is 4.80 Å². The summed E-state index contributed by atoms with van der Waals surface area (Å²) < 4.78 is 22.9. The van der Waals surface area contributed by atoms with Crippen LogP contribution in [0.1, 0.15) is 22.6 Å². The molecule has 1 atom stereocenters. The molecule has 1 N–H and O–H groups in total. The largest absolute Gasteiger partial charge is 0.347 e. The molecule has 7 nitrogen and oxygen atoms in total. The lowest BCUT2D eigenvalue weighted by Gasteiger charge is -2.09. The van der Waals surface area contributed by atoms with Crippen molar-refractivity contribution in [1.82, 2.24) is 20.3 Å². The number of nitrogens with one attached hydrogen (secondary N) is 1. The van der Waals surface area contributed by atoms with Gasteiger partial charge in [0.25, 0.3) is 5.91 Å². The summed E-state index contributed by atoms with van der Waals surface area (Å²) in [6.45, 7) is 1.70. The Morgan fingerprint density at radius 1 is 1.27 bits per heavy atom. The van der Waals surface area contributed by atoms with Crippen molar-refractivity contribution in [3.63, 3.8) is 0 Å². The Bertz CT molecular complexity index is 799. The number of rotatable bonds is 3. The molecule has 1 fully saturated rings. The number of hydrogen-bond donors (Lipinski definition) is 1. The first-order valence-electron chi connectivity index (χ1n) is 6.95. The molecule has 116 valence electrons. The zero-order chi connectivity index (χ0) is 15.7. The van der Waals surface area contributed by atoms with E-state index in [2.05, 4.69) is 15.5 Å². The van der Waals surface area contributed by atoms with Crippen LogP contribution in [0.2, 0.25) is 0 Å². The average molecular weight is 320 g/mol. The fraction of sp³-hybridized carbons (Fsp3) is 0.357. The number of carbonyl (C=O) groups is 1. The first-order valence-corrected chi connectivity index (χ1v) is 8.77. The molecule has 0 radical (unpaired) electrons. The van der Waals surface area contributed by atoms with Gasteiger partial charge >= 0.3 is 0 Å². The zero-order valence-electron chi connectivity index (χ0n) is 12.1. The van der Waals surface area contributed by atoms with Crippen LogP contribution in [-0.4, -0.2) is 46.9 Å². The van der Waals surface area contributed by atoms with E-state index in [-0.39, 0.29) is 29.1 Å². The summed E-state index contributed by atoms with van der Waals surface area (Å²) in [6, 6.07) is 8.93. The second-order valence-electron chi connectivity index (χ2n) is 5.33. The first kappa shape index (κ1) is 14.7. The molecule has 0 aliphatic carbocycles. The van der Waals surface area contributed by atoms with Crippen LogP contribution in [0.5, 0.6) is 0 Å². The molecule has 2 aromatic rings. The van der Waals surface area contributed by atoms with Gasteiger partial charge in [0.1, 0.15) is 0 Å². The van der Waals surface area contributed by atoms with E-state index in [4.69, 9.17) is 0 Å². The molecule has 22 heavy (non-hydrogen) atoms. The van der Waals surface area contributed by atoms with E-state index in [9.17, 15) is 13.2 Å². The molecule has 1 aromatic carbocycles.